The van der Waals surface area contributed by atoms with Crippen molar-refractivity contribution in [2.75, 3.05) is 0 Å². The molecule has 0 N–H and O–H groups in total. The Hall–Kier alpha value is -0.850. The second-order valence-corrected chi connectivity index (χ2v) is 2.93. The molecule has 0 bridgehead atoms. The monoisotopic (exact) mass is 152 g/mol. The van der Waals surface area contributed by atoms with Crippen molar-refractivity contribution in [3.05, 3.63) is 23.8 Å². The van der Waals surface area contributed by atoms with Gasteiger partial charge in [-0.3, -0.25) is 0 Å². The molecule has 0 spiro atoms. The van der Waals surface area contributed by atoms with Crippen LogP contribution in [0.4, 0.5) is 0 Å². The van der Waals surface area contributed by atoms with Crippen LogP contribution in [0.1, 0.15) is 33.6 Å². The van der Waals surface area contributed by atoms with Gasteiger partial charge in [-0.25, -0.2) is 0 Å². The molecule has 1 heteroatoms. The van der Waals surface area contributed by atoms with Gasteiger partial charge in [0.2, 0.25) is 0 Å². The Bertz CT molecular complexity index is 183. The summed E-state index contributed by atoms with van der Waals surface area (Å²) in [4.78, 5) is 10.6. The van der Waals surface area contributed by atoms with Gasteiger partial charge in [0.25, 0.3) is 0 Å². The molecule has 62 valence electrons. The highest BCUT2D eigenvalue weighted by atomic mass is 16.1. The molecule has 0 amide bonds. The third-order valence-electron chi connectivity index (χ3n) is 1.64. The van der Waals surface area contributed by atoms with Crippen molar-refractivity contribution in [1.29, 1.82) is 0 Å². The van der Waals surface area contributed by atoms with E-state index in [1.165, 1.54) is 11.1 Å². The van der Waals surface area contributed by atoms with Crippen molar-refractivity contribution in [2.45, 2.75) is 33.6 Å². The quantitative estimate of drug-likeness (QED) is 0.566. The summed E-state index contributed by atoms with van der Waals surface area (Å²) in [5, 5.41) is 0. The molecule has 0 unspecified atom stereocenters. The van der Waals surface area contributed by atoms with E-state index in [2.05, 4.69) is 6.58 Å². The fourth-order valence-electron chi connectivity index (χ4n) is 0.867. The van der Waals surface area contributed by atoms with Gasteiger partial charge in [-0.15, -0.1) is 0 Å². The van der Waals surface area contributed by atoms with Crippen LogP contribution in [0.2, 0.25) is 0 Å². The van der Waals surface area contributed by atoms with E-state index in [0.717, 1.165) is 6.42 Å². The molecule has 0 aromatic heterocycles. The largest absolute Gasteiger partial charge is 0.300 e. The first-order chi connectivity index (χ1) is 5.07. The highest BCUT2D eigenvalue weighted by Gasteiger charge is 1.97. The Morgan fingerprint density at radius 2 is 1.82 bits per heavy atom. The van der Waals surface area contributed by atoms with Crippen molar-refractivity contribution >= 4 is 5.78 Å². The normalized spacial score (nSPS) is 9.00. The molecule has 0 atom stereocenters. The molecule has 11 heavy (non-hydrogen) atoms. The molecular weight excluding hydrogens is 136 g/mol. The third-order valence-corrected chi connectivity index (χ3v) is 1.64. The number of allylic oxidation sites excluding steroid dienone is 3. The lowest BCUT2D eigenvalue weighted by Gasteiger charge is -2.01. The lowest BCUT2D eigenvalue weighted by atomic mass is 10.0. The molecule has 0 aliphatic heterocycles. The lowest BCUT2D eigenvalue weighted by Crippen LogP contribution is -1.91. The summed E-state index contributed by atoms with van der Waals surface area (Å²) in [5.74, 6) is 0.241. The smallest absolute Gasteiger partial charge is 0.130 e. The summed E-state index contributed by atoms with van der Waals surface area (Å²) in [7, 11) is 0. The van der Waals surface area contributed by atoms with Gasteiger partial charge in [-0.05, 0) is 32.8 Å². The minimum atomic E-state index is 0.241. The maximum atomic E-state index is 10.6. The van der Waals surface area contributed by atoms with Crippen molar-refractivity contribution in [3.63, 3.8) is 0 Å². The second-order valence-electron chi connectivity index (χ2n) is 2.93. The maximum absolute atomic E-state index is 10.6. The average Bonchev–Trinajstić information content (AvgIpc) is 1.87. The number of carbonyl (C=O) groups excluding carboxylic acids is 1. The fourth-order valence-corrected chi connectivity index (χ4v) is 0.867. The summed E-state index contributed by atoms with van der Waals surface area (Å²) in [5.41, 5.74) is 2.45. The van der Waals surface area contributed by atoms with E-state index < -0.39 is 0 Å². The first-order valence-corrected chi connectivity index (χ1v) is 3.86. The molecular formula is C10H16O. The van der Waals surface area contributed by atoms with Crippen LogP contribution >= 0.6 is 0 Å². The van der Waals surface area contributed by atoms with Crippen LogP contribution < -0.4 is 0 Å². The molecule has 0 aromatic carbocycles. The fraction of sp³-hybridized carbons (Fsp3) is 0.500. The van der Waals surface area contributed by atoms with Crippen LogP contribution in [0.5, 0.6) is 0 Å². The Balaban J connectivity index is 4.01. The van der Waals surface area contributed by atoms with E-state index in [1.54, 1.807) is 6.92 Å². The Kier molecular flexibility index (Phi) is 4.51. The van der Waals surface area contributed by atoms with E-state index in [-0.39, 0.29) is 5.78 Å². The molecule has 0 aliphatic carbocycles. The zero-order chi connectivity index (χ0) is 8.85. The highest BCUT2D eigenvalue weighted by molar-refractivity contribution is 5.75. The topological polar surface area (TPSA) is 17.1 Å². The van der Waals surface area contributed by atoms with E-state index in [4.69, 9.17) is 0 Å². The van der Waals surface area contributed by atoms with Crippen LogP contribution in [0, 0.1) is 0 Å². The van der Waals surface area contributed by atoms with E-state index >= 15 is 0 Å². The molecule has 0 rings (SSSR count). The van der Waals surface area contributed by atoms with Crippen molar-refractivity contribution in [2.24, 2.45) is 0 Å². The molecule has 0 radical (unpaired) electrons. The van der Waals surface area contributed by atoms with Gasteiger partial charge in [-0.1, -0.05) is 18.2 Å². The van der Waals surface area contributed by atoms with E-state index in [0.29, 0.717) is 6.42 Å². The minimum absolute atomic E-state index is 0.241. The van der Waals surface area contributed by atoms with Gasteiger partial charge >= 0.3 is 0 Å². The summed E-state index contributed by atoms with van der Waals surface area (Å²) < 4.78 is 0. The summed E-state index contributed by atoms with van der Waals surface area (Å²) in [6.45, 7) is 9.39. The van der Waals surface area contributed by atoms with Gasteiger partial charge in [0, 0.05) is 6.42 Å². The van der Waals surface area contributed by atoms with Crippen molar-refractivity contribution in [3.8, 4) is 0 Å². The number of Topliss-reactive ketones (excluding diaryl/α,β-unsaturated/α-hetero) is 1. The van der Waals surface area contributed by atoms with Crippen LogP contribution in [0.3, 0.4) is 0 Å². The molecule has 0 saturated heterocycles. The Morgan fingerprint density at radius 3 is 2.09 bits per heavy atom. The number of rotatable bonds is 4. The molecule has 0 saturated carbocycles. The number of ketones is 1. The zero-order valence-corrected chi connectivity index (χ0v) is 7.61. The second kappa shape index (κ2) is 4.89. The first kappa shape index (κ1) is 10.2. The van der Waals surface area contributed by atoms with Gasteiger partial charge in [0.05, 0.1) is 0 Å². The SMILES string of the molecule is C=CC(CCC(C)=O)=C(C)C. The molecule has 1 nitrogen and oxygen atoms in total. The molecule has 0 aromatic rings. The average molecular weight is 152 g/mol. The van der Waals surface area contributed by atoms with Crippen LogP contribution in [-0.4, -0.2) is 5.78 Å². The number of hydrogen-bond acceptors (Lipinski definition) is 1. The Morgan fingerprint density at radius 1 is 1.27 bits per heavy atom. The molecule has 0 heterocycles. The van der Waals surface area contributed by atoms with Gasteiger partial charge in [0.1, 0.15) is 5.78 Å². The van der Waals surface area contributed by atoms with Gasteiger partial charge in [0.15, 0.2) is 0 Å². The van der Waals surface area contributed by atoms with Crippen LogP contribution in [0.25, 0.3) is 0 Å². The summed E-state index contributed by atoms with van der Waals surface area (Å²) in [6, 6.07) is 0. The van der Waals surface area contributed by atoms with Gasteiger partial charge < -0.3 is 4.79 Å². The highest BCUT2D eigenvalue weighted by Crippen LogP contribution is 2.11. The molecule has 0 fully saturated rings. The molecule has 0 aliphatic rings. The lowest BCUT2D eigenvalue weighted by molar-refractivity contribution is -0.116. The summed E-state index contributed by atoms with van der Waals surface area (Å²) >= 11 is 0. The first-order valence-electron chi connectivity index (χ1n) is 3.86. The van der Waals surface area contributed by atoms with Crippen LogP contribution in [0.15, 0.2) is 23.8 Å². The van der Waals surface area contributed by atoms with E-state index in [9.17, 15) is 4.79 Å². The minimum Gasteiger partial charge on any atom is -0.300 e. The number of hydrogen-bond donors (Lipinski definition) is 0. The van der Waals surface area contributed by atoms with Gasteiger partial charge in [-0.2, -0.15) is 0 Å². The van der Waals surface area contributed by atoms with Crippen molar-refractivity contribution < 1.29 is 4.79 Å². The Labute approximate surface area is 68.8 Å². The van der Waals surface area contributed by atoms with E-state index in [1.807, 2.05) is 19.9 Å². The third kappa shape index (κ3) is 4.54. The number of carbonyl (C=O) groups is 1. The zero-order valence-electron chi connectivity index (χ0n) is 7.61. The summed E-state index contributed by atoms with van der Waals surface area (Å²) in [6.07, 6.45) is 3.30. The predicted molar refractivity (Wildman–Crippen MR) is 48.5 cm³/mol. The van der Waals surface area contributed by atoms with Crippen LogP contribution in [-0.2, 0) is 4.79 Å². The standard InChI is InChI=1S/C10H16O/c1-5-10(8(2)3)7-6-9(4)11/h5H,1,6-7H2,2-4H3. The predicted octanol–water partition coefficient (Wildman–Crippen LogP) is 2.88. The maximum Gasteiger partial charge on any atom is 0.130 e. The van der Waals surface area contributed by atoms with Crippen molar-refractivity contribution in [1.82, 2.24) is 0 Å².